The lowest BCUT2D eigenvalue weighted by Gasteiger charge is -2.22. The van der Waals surface area contributed by atoms with E-state index in [1.807, 2.05) is 41.3 Å². The van der Waals surface area contributed by atoms with Gasteiger partial charge in [-0.3, -0.25) is 9.59 Å². The van der Waals surface area contributed by atoms with Crippen molar-refractivity contribution in [3.05, 3.63) is 59.5 Å². The Hall–Kier alpha value is -2.56. The molecule has 4 rings (SSSR count). The van der Waals surface area contributed by atoms with Gasteiger partial charge in [-0.15, -0.1) is 0 Å². The molecule has 2 aromatic rings. The molecule has 0 bridgehead atoms. The van der Waals surface area contributed by atoms with Crippen molar-refractivity contribution < 1.29 is 14.0 Å². The quantitative estimate of drug-likeness (QED) is 0.793. The Bertz CT molecular complexity index is 759. The van der Waals surface area contributed by atoms with Gasteiger partial charge in [-0.1, -0.05) is 12.1 Å². The van der Waals surface area contributed by atoms with Gasteiger partial charge in [0.25, 0.3) is 5.91 Å². The summed E-state index contributed by atoms with van der Waals surface area (Å²) in [5.74, 6) is 1.01. The second-order valence-electron chi connectivity index (χ2n) is 7.28. The van der Waals surface area contributed by atoms with Crippen molar-refractivity contribution in [3.8, 4) is 0 Å². The maximum Gasteiger partial charge on any atom is 0.251 e. The van der Waals surface area contributed by atoms with Gasteiger partial charge in [0.2, 0.25) is 5.91 Å². The molecule has 0 spiro atoms. The molecule has 2 fully saturated rings. The van der Waals surface area contributed by atoms with Gasteiger partial charge in [0.1, 0.15) is 5.76 Å². The monoisotopic (exact) mass is 352 g/mol. The molecule has 2 saturated carbocycles. The number of furan rings is 1. The zero-order valence-electron chi connectivity index (χ0n) is 14.8. The zero-order valence-corrected chi connectivity index (χ0v) is 14.8. The summed E-state index contributed by atoms with van der Waals surface area (Å²) in [7, 11) is 0. The highest BCUT2D eigenvalue weighted by atomic mass is 16.3. The number of nitrogens with zero attached hydrogens (tertiary/aromatic N) is 1. The van der Waals surface area contributed by atoms with Gasteiger partial charge >= 0.3 is 0 Å². The summed E-state index contributed by atoms with van der Waals surface area (Å²) in [6.07, 6.45) is 7.06. The maximum atomic E-state index is 12.6. The largest absolute Gasteiger partial charge is 0.469 e. The highest BCUT2D eigenvalue weighted by molar-refractivity contribution is 5.94. The Balaban J connectivity index is 1.35. The first-order valence-corrected chi connectivity index (χ1v) is 9.41. The minimum Gasteiger partial charge on any atom is -0.469 e. The van der Waals surface area contributed by atoms with Gasteiger partial charge in [-0.25, -0.2) is 0 Å². The number of aryl methyl sites for hydroxylation is 1. The number of nitrogens with one attached hydrogen (secondary N) is 1. The molecule has 5 nitrogen and oxygen atoms in total. The minimum atomic E-state index is -0.00683. The predicted octanol–water partition coefficient (Wildman–Crippen LogP) is 3.30. The fraction of sp³-hybridized carbons (Fsp3) is 0.429. The lowest BCUT2D eigenvalue weighted by Crippen LogP contribution is -2.32. The molecule has 1 aromatic carbocycles. The van der Waals surface area contributed by atoms with Gasteiger partial charge in [0.15, 0.2) is 0 Å². The summed E-state index contributed by atoms with van der Waals surface area (Å²) >= 11 is 0. The van der Waals surface area contributed by atoms with E-state index in [2.05, 4.69) is 5.32 Å². The molecule has 2 aliphatic carbocycles. The first kappa shape index (κ1) is 16.9. The SMILES string of the molecule is O=C(NC1CC1)c1ccc(CN(C(=O)CCc2ccco2)C2CC2)cc1. The number of benzene rings is 1. The molecular formula is C21H24N2O3. The third-order valence-electron chi connectivity index (χ3n) is 4.95. The molecular weight excluding hydrogens is 328 g/mol. The van der Waals surface area contributed by atoms with E-state index in [1.165, 1.54) is 0 Å². The van der Waals surface area contributed by atoms with E-state index in [9.17, 15) is 9.59 Å². The van der Waals surface area contributed by atoms with E-state index in [0.29, 0.717) is 37.0 Å². The highest BCUT2D eigenvalue weighted by Gasteiger charge is 2.32. The van der Waals surface area contributed by atoms with Crippen LogP contribution in [0.1, 0.15) is 53.8 Å². The molecule has 136 valence electrons. The van der Waals surface area contributed by atoms with Crippen LogP contribution in [-0.4, -0.2) is 28.8 Å². The molecule has 26 heavy (non-hydrogen) atoms. The molecule has 0 radical (unpaired) electrons. The average Bonchev–Trinajstić information content (AvgIpc) is 3.58. The van der Waals surface area contributed by atoms with Crippen LogP contribution in [0.2, 0.25) is 0 Å². The van der Waals surface area contributed by atoms with Crippen LogP contribution in [0, 0.1) is 0 Å². The molecule has 1 N–H and O–H groups in total. The van der Waals surface area contributed by atoms with E-state index in [4.69, 9.17) is 4.42 Å². The summed E-state index contributed by atoms with van der Waals surface area (Å²) in [4.78, 5) is 26.7. The minimum absolute atomic E-state index is 0.00683. The van der Waals surface area contributed by atoms with Crippen molar-refractivity contribution in [2.75, 3.05) is 0 Å². The predicted molar refractivity (Wildman–Crippen MR) is 97.5 cm³/mol. The summed E-state index contributed by atoms with van der Waals surface area (Å²) in [5, 5.41) is 2.99. The molecule has 0 saturated heterocycles. The van der Waals surface area contributed by atoms with Crippen LogP contribution in [0.4, 0.5) is 0 Å². The van der Waals surface area contributed by atoms with Crippen LogP contribution in [0.3, 0.4) is 0 Å². The van der Waals surface area contributed by atoms with E-state index < -0.39 is 0 Å². The van der Waals surface area contributed by atoms with E-state index in [0.717, 1.165) is 37.0 Å². The Morgan fingerprint density at radius 2 is 1.85 bits per heavy atom. The molecule has 0 unspecified atom stereocenters. The van der Waals surface area contributed by atoms with Crippen molar-refractivity contribution >= 4 is 11.8 Å². The smallest absolute Gasteiger partial charge is 0.251 e. The molecule has 1 heterocycles. The molecule has 0 aliphatic heterocycles. The van der Waals surface area contributed by atoms with E-state index in [-0.39, 0.29) is 11.8 Å². The van der Waals surface area contributed by atoms with Crippen LogP contribution in [-0.2, 0) is 17.8 Å². The highest BCUT2D eigenvalue weighted by Crippen LogP contribution is 2.29. The Morgan fingerprint density at radius 1 is 1.08 bits per heavy atom. The van der Waals surface area contributed by atoms with Gasteiger partial charge in [0, 0.05) is 37.0 Å². The standard InChI is InChI=1S/C21H24N2O3/c24-20(12-11-19-2-1-13-26-19)23(18-9-10-18)14-15-3-5-16(6-4-15)21(25)22-17-7-8-17/h1-6,13,17-18H,7-12,14H2,(H,22,25). The Morgan fingerprint density at radius 3 is 2.46 bits per heavy atom. The average molecular weight is 352 g/mol. The lowest BCUT2D eigenvalue weighted by atomic mass is 10.1. The first-order chi connectivity index (χ1) is 12.7. The van der Waals surface area contributed by atoms with Crippen LogP contribution in [0.25, 0.3) is 0 Å². The molecule has 2 aliphatic rings. The molecule has 1 aromatic heterocycles. The number of carbonyl (C=O) groups excluding carboxylic acids is 2. The maximum absolute atomic E-state index is 12.6. The normalized spacial score (nSPS) is 16.3. The Labute approximate surface area is 153 Å². The summed E-state index contributed by atoms with van der Waals surface area (Å²) in [5.41, 5.74) is 1.74. The van der Waals surface area contributed by atoms with Gasteiger partial charge < -0.3 is 14.6 Å². The van der Waals surface area contributed by atoms with Crippen molar-refractivity contribution in [2.45, 2.75) is 57.2 Å². The van der Waals surface area contributed by atoms with Crippen LogP contribution in [0.15, 0.2) is 47.1 Å². The molecule has 2 amide bonds. The van der Waals surface area contributed by atoms with Crippen LogP contribution < -0.4 is 5.32 Å². The van der Waals surface area contributed by atoms with Crippen molar-refractivity contribution in [2.24, 2.45) is 0 Å². The zero-order chi connectivity index (χ0) is 17.9. The summed E-state index contributed by atoms with van der Waals surface area (Å²) in [6.45, 7) is 0.603. The fourth-order valence-electron chi connectivity index (χ4n) is 3.09. The number of carbonyl (C=O) groups is 2. The lowest BCUT2D eigenvalue weighted by molar-refractivity contribution is -0.132. The molecule has 5 heteroatoms. The van der Waals surface area contributed by atoms with Gasteiger partial charge in [-0.2, -0.15) is 0 Å². The van der Waals surface area contributed by atoms with E-state index in [1.54, 1.807) is 6.26 Å². The summed E-state index contributed by atoms with van der Waals surface area (Å²) in [6, 6.07) is 12.1. The van der Waals surface area contributed by atoms with Gasteiger partial charge in [-0.05, 0) is 55.5 Å². The second-order valence-corrected chi connectivity index (χ2v) is 7.28. The van der Waals surface area contributed by atoms with Crippen LogP contribution in [0.5, 0.6) is 0 Å². The van der Waals surface area contributed by atoms with Crippen molar-refractivity contribution in [1.29, 1.82) is 0 Å². The van der Waals surface area contributed by atoms with E-state index >= 15 is 0 Å². The summed E-state index contributed by atoms with van der Waals surface area (Å²) < 4.78 is 5.32. The second kappa shape index (κ2) is 7.36. The number of hydrogen-bond donors (Lipinski definition) is 1. The van der Waals surface area contributed by atoms with Crippen LogP contribution >= 0.6 is 0 Å². The Kier molecular flexibility index (Phi) is 4.78. The number of rotatable bonds is 8. The number of hydrogen-bond acceptors (Lipinski definition) is 3. The third-order valence-corrected chi connectivity index (χ3v) is 4.95. The van der Waals surface area contributed by atoms with Crippen molar-refractivity contribution in [1.82, 2.24) is 10.2 Å². The fourth-order valence-corrected chi connectivity index (χ4v) is 3.09. The first-order valence-electron chi connectivity index (χ1n) is 9.41. The topological polar surface area (TPSA) is 62.6 Å². The third kappa shape index (κ3) is 4.34. The van der Waals surface area contributed by atoms with Gasteiger partial charge in [0.05, 0.1) is 6.26 Å². The number of amides is 2. The van der Waals surface area contributed by atoms with Crippen molar-refractivity contribution in [3.63, 3.8) is 0 Å². The molecule has 0 atom stereocenters.